The zero-order chi connectivity index (χ0) is 15.9. The van der Waals surface area contributed by atoms with Crippen molar-refractivity contribution < 1.29 is 19.0 Å². The zero-order valence-corrected chi connectivity index (χ0v) is 13.4. The number of thiocyanates is 1. The number of likely N-dealkylation sites (tertiary alicyclic amines) is 1. The summed E-state index contributed by atoms with van der Waals surface area (Å²) in [5.41, 5.74) is 0. The lowest BCUT2D eigenvalue weighted by Crippen LogP contribution is -2.35. The van der Waals surface area contributed by atoms with Gasteiger partial charge in [0.2, 0.25) is 0 Å². The van der Waals surface area contributed by atoms with E-state index in [4.69, 9.17) is 19.5 Å². The molecule has 1 aliphatic rings. The number of nitrogens with zero attached hydrogens (tertiary/aromatic N) is 2. The van der Waals surface area contributed by atoms with Gasteiger partial charge in [0.1, 0.15) is 11.5 Å². The van der Waals surface area contributed by atoms with Crippen molar-refractivity contribution in [2.75, 3.05) is 27.2 Å². The summed E-state index contributed by atoms with van der Waals surface area (Å²) in [6.45, 7) is 1.81. The number of thioether (sulfide) groups is 1. The highest BCUT2D eigenvalue weighted by molar-refractivity contribution is 8.03. The van der Waals surface area contributed by atoms with E-state index in [0.29, 0.717) is 5.75 Å². The van der Waals surface area contributed by atoms with Gasteiger partial charge in [-0.05, 0) is 49.9 Å². The van der Waals surface area contributed by atoms with Crippen LogP contribution in [0.3, 0.4) is 0 Å². The van der Waals surface area contributed by atoms with Crippen molar-refractivity contribution in [1.29, 1.82) is 5.26 Å². The molecule has 0 aliphatic carbocycles. The summed E-state index contributed by atoms with van der Waals surface area (Å²) in [6, 6.07) is 4.93. The average molecular weight is 322 g/mol. The van der Waals surface area contributed by atoms with Gasteiger partial charge in [0, 0.05) is 18.0 Å². The minimum Gasteiger partial charge on any atom is -0.493 e. The van der Waals surface area contributed by atoms with Gasteiger partial charge in [-0.2, -0.15) is 5.26 Å². The number of carbonyl (C=O) groups excluding carboxylic acids is 1. The van der Waals surface area contributed by atoms with Crippen molar-refractivity contribution in [3.8, 4) is 16.9 Å². The molecule has 0 atom stereocenters. The summed E-state index contributed by atoms with van der Waals surface area (Å²) in [6.07, 6.45) is 0.776. The van der Waals surface area contributed by atoms with Crippen molar-refractivity contribution in [1.82, 2.24) is 4.90 Å². The molecule has 7 heteroatoms. The Morgan fingerprint density at radius 2 is 2.09 bits per heavy atom. The molecule has 22 heavy (non-hydrogen) atoms. The quantitative estimate of drug-likeness (QED) is 0.365. The molecule has 0 aromatic heterocycles. The van der Waals surface area contributed by atoms with Gasteiger partial charge in [-0.1, -0.05) is 0 Å². The molecule has 118 valence electrons. The maximum absolute atomic E-state index is 11.9. The minimum absolute atomic E-state index is 0.108. The summed E-state index contributed by atoms with van der Waals surface area (Å²) in [5, 5.41) is 10.6. The predicted octanol–water partition coefficient (Wildman–Crippen LogP) is 2.88. The van der Waals surface area contributed by atoms with Crippen LogP contribution in [0, 0.1) is 10.7 Å². The van der Waals surface area contributed by atoms with E-state index in [0.717, 1.165) is 42.6 Å². The Hall–Kier alpha value is -1.91. The standard InChI is InChI=1S/C15H18N2O4S/c1-17-7-5-11(6-8-17)20-15(18)21-13-4-3-12(22-10-16)9-14(13)19-2/h3-4,9,11H,5-8H2,1-2H3. The van der Waals surface area contributed by atoms with Crippen molar-refractivity contribution >= 4 is 17.9 Å². The number of ether oxygens (including phenoxy) is 3. The number of benzene rings is 1. The van der Waals surface area contributed by atoms with Crippen LogP contribution in [0.2, 0.25) is 0 Å². The Bertz CT molecular complexity index is 565. The fourth-order valence-corrected chi connectivity index (χ4v) is 2.61. The number of hydrogen-bond donors (Lipinski definition) is 0. The number of piperidine rings is 1. The van der Waals surface area contributed by atoms with Crippen molar-refractivity contribution in [2.24, 2.45) is 0 Å². The van der Waals surface area contributed by atoms with Gasteiger partial charge in [0.05, 0.1) is 7.11 Å². The molecule has 0 saturated carbocycles. The lowest BCUT2D eigenvalue weighted by molar-refractivity contribution is 0.0286. The van der Waals surface area contributed by atoms with Crippen LogP contribution in [0.25, 0.3) is 0 Å². The van der Waals surface area contributed by atoms with E-state index in [9.17, 15) is 4.79 Å². The Morgan fingerprint density at radius 3 is 2.73 bits per heavy atom. The highest BCUT2D eigenvalue weighted by Gasteiger charge is 2.22. The molecular formula is C15H18N2O4S. The van der Waals surface area contributed by atoms with E-state index in [-0.39, 0.29) is 11.9 Å². The van der Waals surface area contributed by atoms with Gasteiger partial charge < -0.3 is 19.1 Å². The van der Waals surface area contributed by atoms with Gasteiger partial charge >= 0.3 is 6.16 Å². The second-order valence-corrected chi connectivity index (χ2v) is 5.84. The number of rotatable bonds is 4. The molecule has 0 N–H and O–H groups in total. The Kier molecular flexibility index (Phi) is 5.92. The minimum atomic E-state index is -0.728. The van der Waals surface area contributed by atoms with E-state index >= 15 is 0 Å². The average Bonchev–Trinajstić information content (AvgIpc) is 2.51. The van der Waals surface area contributed by atoms with Gasteiger partial charge in [-0.25, -0.2) is 4.79 Å². The monoisotopic (exact) mass is 322 g/mol. The highest BCUT2D eigenvalue weighted by atomic mass is 32.2. The lowest BCUT2D eigenvalue weighted by atomic mass is 10.1. The number of hydrogen-bond acceptors (Lipinski definition) is 7. The summed E-state index contributed by atoms with van der Waals surface area (Å²) >= 11 is 1.01. The van der Waals surface area contributed by atoms with Gasteiger partial charge in [-0.3, -0.25) is 0 Å². The first kappa shape index (κ1) is 16.5. The summed E-state index contributed by atoms with van der Waals surface area (Å²) in [7, 11) is 3.52. The van der Waals surface area contributed by atoms with E-state index < -0.39 is 6.16 Å². The number of carbonyl (C=O) groups is 1. The topological polar surface area (TPSA) is 71.8 Å². The van der Waals surface area contributed by atoms with Gasteiger partial charge in [-0.15, -0.1) is 0 Å². The molecule has 0 bridgehead atoms. The highest BCUT2D eigenvalue weighted by Crippen LogP contribution is 2.32. The van der Waals surface area contributed by atoms with Crippen LogP contribution in [-0.2, 0) is 4.74 Å². The van der Waals surface area contributed by atoms with Crippen molar-refractivity contribution in [2.45, 2.75) is 23.8 Å². The maximum Gasteiger partial charge on any atom is 0.514 e. The fourth-order valence-electron chi connectivity index (χ4n) is 2.20. The van der Waals surface area contributed by atoms with E-state index in [2.05, 4.69) is 4.90 Å². The first-order valence-electron chi connectivity index (χ1n) is 6.93. The van der Waals surface area contributed by atoms with Crippen LogP contribution in [-0.4, -0.2) is 44.4 Å². The van der Waals surface area contributed by atoms with Crippen LogP contribution in [0.15, 0.2) is 23.1 Å². The van der Waals surface area contributed by atoms with Crippen LogP contribution in [0.1, 0.15) is 12.8 Å². The third-order valence-corrected chi connectivity index (χ3v) is 4.00. The summed E-state index contributed by atoms with van der Waals surface area (Å²) in [4.78, 5) is 14.8. The van der Waals surface area contributed by atoms with Crippen molar-refractivity contribution in [3.63, 3.8) is 0 Å². The molecule has 1 fully saturated rings. The normalized spacial score (nSPS) is 15.9. The summed E-state index contributed by atoms with van der Waals surface area (Å²) < 4.78 is 15.7. The van der Waals surface area contributed by atoms with Gasteiger partial charge in [0.25, 0.3) is 0 Å². The first-order valence-corrected chi connectivity index (χ1v) is 7.75. The van der Waals surface area contributed by atoms with E-state index in [1.165, 1.54) is 7.11 Å². The van der Waals surface area contributed by atoms with Crippen LogP contribution < -0.4 is 9.47 Å². The second-order valence-electron chi connectivity index (χ2n) is 4.98. The van der Waals surface area contributed by atoms with Crippen LogP contribution in [0.4, 0.5) is 4.79 Å². The molecule has 0 spiro atoms. The molecule has 1 aromatic carbocycles. The first-order chi connectivity index (χ1) is 10.6. The predicted molar refractivity (Wildman–Crippen MR) is 82.1 cm³/mol. The molecule has 0 unspecified atom stereocenters. The summed E-state index contributed by atoms with van der Waals surface area (Å²) in [5.74, 6) is 0.670. The smallest absolute Gasteiger partial charge is 0.493 e. The number of nitriles is 1. The zero-order valence-electron chi connectivity index (χ0n) is 12.6. The molecule has 1 aromatic rings. The SMILES string of the molecule is COc1cc(SC#N)ccc1OC(=O)OC1CCN(C)CC1. The largest absolute Gasteiger partial charge is 0.514 e. The van der Waals surface area contributed by atoms with Crippen LogP contribution >= 0.6 is 11.8 Å². The second kappa shape index (κ2) is 7.92. The maximum atomic E-state index is 11.9. The Labute approximate surface area is 133 Å². The molecule has 0 radical (unpaired) electrons. The molecule has 0 amide bonds. The van der Waals surface area contributed by atoms with Crippen molar-refractivity contribution in [3.05, 3.63) is 18.2 Å². The molecule has 2 rings (SSSR count). The molecule has 6 nitrogen and oxygen atoms in total. The molecule has 1 aliphatic heterocycles. The van der Waals surface area contributed by atoms with Crippen LogP contribution in [0.5, 0.6) is 11.5 Å². The Morgan fingerprint density at radius 1 is 1.36 bits per heavy atom. The lowest BCUT2D eigenvalue weighted by Gasteiger charge is -2.28. The molecule has 1 heterocycles. The number of methoxy groups -OCH3 is 1. The van der Waals surface area contributed by atoms with E-state index in [1.54, 1.807) is 18.2 Å². The third kappa shape index (κ3) is 4.55. The van der Waals surface area contributed by atoms with E-state index in [1.807, 2.05) is 12.4 Å². The van der Waals surface area contributed by atoms with Gasteiger partial charge in [0.15, 0.2) is 11.5 Å². The molecule has 1 saturated heterocycles. The fraction of sp³-hybridized carbons (Fsp3) is 0.467. The third-order valence-electron chi connectivity index (χ3n) is 3.42. The molecular weight excluding hydrogens is 304 g/mol. The Balaban J connectivity index is 1.95.